The Balaban J connectivity index is 2.10. The van der Waals surface area contributed by atoms with E-state index in [0.717, 1.165) is 0 Å². The van der Waals surface area contributed by atoms with E-state index in [0.29, 0.717) is 17.9 Å². The second kappa shape index (κ2) is 5.36. The number of hydrogen-bond donors (Lipinski definition) is 1. The molecule has 8 heteroatoms. The Morgan fingerprint density at radius 1 is 1.40 bits per heavy atom. The Morgan fingerprint density at radius 2 is 2.13 bits per heavy atom. The van der Waals surface area contributed by atoms with Gasteiger partial charge in [-0.05, 0) is 18.7 Å². The maximum absolute atomic E-state index is 11.7. The summed E-state index contributed by atoms with van der Waals surface area (Å²) in [7, 11) is 0. The van der Waals surface area contributed by atoms with Crippen molar-refractivity contribution in [3.05, 3.63) is 11.4 Å². The van der Waals surface area contributed by atoms with Crippen molar-refractivity contribution in [1.29, 1.82) is 0 Å². The van der Waals surface area contributed by atoms with Gasteiger partial charge >= 0.3 is 5.51 Å². The van der Waals surface area contributed by atoms with Gasteiger partial charge in [0.2, 0.25) is 0 Å². The summed E-state index contributed by atoms with van der Waals surface area (Å²) >= 11 is -0.0470. The van der Waals surface area contributed by atoms with Crippen molar-refractivity contribution >= 4 is 11.8 Å². The van der Waals surface area contributed by atoms with Crippen LogP contribution in [0.1, 0.15) is 11.4 Å². The van der Waals surface area contributed by atoms with Gasteiger partial charge in [0.1, 0.15) is 11.4 Å². The topological polar surface area (TPSA) is 51.0 Å². The van der Waals surface area contributed by atoms with Gasteiger partial charge in [-0.25, -0.2) is 4.63 Å². The molecule has 1 heterocycles. The monoisotopic (exact) mass is 241 g/mol. The van der Waals surface area contributed by atoms with Crippen LogP contribution in [0.4, 0.5) is 13.2 Å². The molecule has 0 saturated carbocycles. The van der Waals surface area contributed by atoms with Crippen LogP contribution in [0.2, 0.25) is 0 Å². The average molecular weight is 241 g/mol. The molecule has 0 aliphatic rings. The van der Waals surface area contributed by atoms with E-state index in [4.69, 9.17) is 0 Å². The van der Waals surface area contributed by atoms with Crippen LogP contribution in [0.25, 0.3) is 0 Å². The summed E-state index contributed by atoms with van der Waals surface area (Å²) in [5.74, 6) is -0.0200. The van der Waals surface area contributed by atoms with Crippen molar-refractivity contribution < 1.29 is 17.8 Å². The van der Waals surface area contributed by atoms with Crippen molar-refractivity contribution in [2.75, 3.05) is 12.3 Å². The first-order chi connectivity index (χ1) is 6.99. The molecular formula is C7H10F3N3OS. The third kappa shape index (κ3) is 5.03. The van der Waals surface area contributed by atoms with Crippen molar-refractivity contribution in [2.45, 2.75) is 19.0 Å². The lowest BCUT2D eigenvalue weighted by Gasteiger charge is -2.05. The lowest BCUT2D eigenvalue weighted by atomic mass is 10.3. The maximum Gasteiger partial charge on any atom is 0.441 e. The zero-order valence-electron chi connectivity index (χ0n) is 7.97. The van der Waals surface area contributed by atoms with Crippen LogP contribution in [0.3, 0.4) is 0 Å². The normalized spacial score (nSPS) is 12.0. The number of nitrogens with one attached hydrogen (secondary N) is 1. The SMILES string of the molecule is Cc1nonc1CNCCSC(F)(F)F. The van der Waals surface area contributed by atoms with E-state index in [-0.39, 0.29) is 24.1 Å². The zero-order valence-corrected chi connectivity index (χ0v) is 8.78. The molecule has 1 aromatic rings. The first-order valence-corrected chi connectivity index (χ1v) is 5.17. The Hall–Kier alpha value is -0.760. The molecule has 0 aliphatic heterocycles. The van der Waals surface area contributed by atoms with E-state index in [1.807, 2.05) is 0 Å². The minimum absolute atomic E-state index is 0.0200. The fraction of sp³-hybridized carbons (Fsp3) is 0.714. The highest BCUT2D eigenvalue weighted by molar-refractivity contribution is 8.00. The van der Waals surface area contributed by atoms with Gasteiger partial charge in [-0.1, -0.05) is 10.3 Å². The molecule has 1 rings (SSSR count). The Morgan fingerprint density at radius 3 is 2.67 bits per heavy atom. The second-order valence-electron chi connectivity index (χ2n) is 2.77. The highest BCUT2D eigenvalue weighted by atomic mass is 32.2. The van der Waals surface area contributed by atoms with E-state index in [1.165, 1.54) is 0 Å². The van der Waals surface area contributed by atoms with E-state index in [1.54, 1.807) is 6.92 Å². The molecule has 0 saturated heterocycles. The molecular weight excluding hydrogens is 231 g/mol. The quantitative estimate of drug-likeness (QED) is 0.795. The summed E-state index contributed by atoms with van der Waals surface area (Å²) in [6.07, 6.45) is 0. The molecule has 0 spiro atoms. The summed E-state index contributed by atoms with van der Waals surface area (Å²) in [4.78, 5) is 0. The first-order valence-electron chi connectivity index (χ1n) is 4.18. The van der Waals surface area contributed by atoms with Crippen LogP contribution in [0.15, 0.2) is 4.63 Å². The molecule has 0 aliphatic carbocycles. The van der Waals surface area contributed by atoms with E-state index >= 15 is 0 Å². The zero-order chi connectivity index (χ0) is 11.3. The van der Waals surface area contributed by atoms with Crippen molar-refractivity contribution in [1.82, 2.24) is 15.6 Å². The molecule has 4 nitrogen and oxygen atoms in total. The number of thioether (sulfide) groups is 1. The van der Waals surface area contributed by atoms with Crippen molar-refractivity contribution in [3.63, 3.8) is 0 Å². The van der Waals surface area contributed by atoms with Crippen LogP contribution >= 0.6 is 11.8 Å². The van der Waals surface area contributed by atoms with Crippen LogP contribution in [-0.4, -0.2) is 28.1 Å². The number of hydrogen-bond acceptors (Lipinski definition) is 5. The van der Waals surface area contributed by atoms with Crippen LogP contribution < -0.4 is 5.32 Å². The van der Waals surface area contributed by atoms with E-state index in [9.17, 15) is 13.2 Å². The van der Waals surface area contributed by atoms with E-state index < -0.39 is 5.51 Å². The van der Waals surface area contributed by atoms with Crippen molar-refractivity contribution in [3.8, 4) is 0 Å². The van der Waals surface area contributed by atoms with Gasteiger partial charge in [0.25, 0.3) is 0 Å². The second-order valence-corrected chi connectivity index (χ2v) is 3.93. The highest BCUT2D eigenvalue weighted by Gasteiger charge is 2.27. The maximum atomic E-state index is 11.7. The number of aromatic nitrogens is 2. The number of alkyl halides is 3. The molecule has 0 radical (unpaired) electrons. The smallest absolute Gasteiger partial charge is 0.310 e. The molecule has 0 aromatic carbocycles. The lowest BCUT2D eigenvalue weighted by Crippen LogP contribution is -2.19. The van der Waals surface area contributed by atoms with Gasteiger partial charge in [-0.3, -0.25) is 0 Å². The molecule has 1 N–H and O–H groups in total. The van der Waals surface area contributed by atoms with Crippen LogP contribution in [0.5, 0.6) is 0 Å². The third-order valence-corrected chi connectivity index (χ3v) is 2.32. The van der Waals surface area contributed by atoms with Crippen LogP contribution in [0, 0.1) is 6.92 Å². The average Bonchev–Trinajstić information content (AvgIpc) is 2.49. The Kier molecular flexibility index (Phi) is 4.40. The Labute approximate surface area is 88.6 Å². The van der Waals surface area contributed by atoms with Gasteiger partial charge in [-0.2, -0.15) is 13.2 Å². The molecule has 1 aromatic heterocycles. The molecule has 86 valence electrons. The summed E-state index contributed by atoms with van der Waals surface area (Å²) in [6, 6.07) is 0. The fourth-order valence-electron chi connectivity index (χ4n) is 0.856. The first kappa shape index (κ1) is 12.3. The van der Waals surface area contributed by atoms with E-state index in [2.05, 4.69) is 20.3 Å². The van der Waals surface area contributed by atoms with Gasteiger partial charge < -0.3 is 5.32 Å². The number of halogens is 3. The summed E-state index contributed by atoms with van der Waals surface area (Å²) < 4.78 is 39.6. The number of rotatable bonds is 5. The molecule has 0 amide bonds. The summed E-state index contributed by atoms with van der Waals surface area (Å²) in [6.45, 7) is 2.35. The standard InChI is InChI=1S/C7H10F3N3OS/c1-5-6(13-14-12-5)4-11-2-3-15-7(8,9)10/h11H,2-4H2,1H3. The molecule has 0 atom stereocenters. The largest absolute Gasteiger partial charge is 0.441 e. The predicted molar refractivity (Wildman–Crippen MR) is 49.3 cm³/mol. The number of nitrogens with zero attached hydrogens (tertiary/aromatic N) is 2. The van der Waals surface area contributed by atoms with Gasteiger partial charge in [-0.15, -0.1) is 0 Å². The molecule has 0 fully saturated rings. The minimum atomic E-state index is -4.16. The van der Waals surface area contributed by atoms with Gasteiger partial charge in [0.15, 0.2) is 0 Å². The third-order valence-electron chi connectivity index (χ3n) is 1.58. The predicted octanol–water partition coefficient (Wildman–Crippen LogP) is 1.72. The van der Waals surface area contributed by atoms with Crippen LogP contribution in [-0.2, 0) is 6.54 Å². The highest BCUT2D eigenvalue weighted by Crippen LogP contribution is 2.29. The lowest BCUT2D eigenvalue weighted by molar-refractivity contribution is -0.0327. The van der Waals surface area contributed by atoms with Crippen molar-refractivity contribution in [2.24, 2.45) is 0 Å². The minimum Gasteiger partial charge on any atom is -0.310 e. The molecule has 0 bridgehead atoms. The fourth-order valence-corrected chi connectivity index (χ4v) is 1.33. The summed E-state index contributed by atoms with van der Waals surface area (Å²) in [5, 5.41) is 9.95. The number of aryl methyl sites for hydroxylation is 1. The molecule has 15 heavy (non-hydrogen) atoms. The Bertz CT molecular complexity index is 302. The molecule has 0 unspecified atom stereocenters. The van der Waals surface area contributed by atoms with Gasteiger partial charge in [0, 0.05) is 18.8 Å². The summed E-state index contributed by atoms with van der Waals surface area (Å²) in [5.41, 5.74) is -2.90. The van der Waals surface area contributed by atoms with Gasteiger partial charge in [0.05, 0.1) is 0 Å².